The summed E-state index contributed by atoms with van der Waals surface area (Å²) in [5, 5.41) is 3.74. The Morgan fingerprint density at radius 3 is 2.25 bits per heavy atom. The van der Waals surface area contributed by atoms with Crippen molar-refractivity contribution in [3.05, 3.63) is 73.5 Å². The summed E-state index contributed by atoms with van der Waals surface area (Å²) in [6.07, 6.45) is 6.07. The minimum Gasteiger partial charge on any atom is -0.353 e. The summed E-state index contributed by atoms with van der Waals surface area (Å²) in [6.45, 7) is 12.0. The average Bonchev–Trinajstić information content (AvgIpc) is 3.15. The largest absolute Gasteiger partial charge is 0.353 e. The number of allylic oxidation sites excluding steroid dienone is 1. The van der Waals surface area contributed by atoms with E-state index in [-0.39, 0.29) is 7.43 Å². The summed E-state index contributed by atoms with van der Waals surface area (Å²) in [7, 11) is 0. The fourth-order valence-electron chi connectivity index (χ4n) is 3.13. The van der Waals surface area contributed by atoms with Crippen LogP contribution in [0.5, 0.6) is 0 Å². The first-order valence-corrected chi connectivity index (χ1v) is 7.63. The van der Waals surface area contributed by atoms with Gasteiger partial charge in [-0.3, -0.25) is 0 Å². The highest BCUT2D eigenvalue weighted by Crippen LogP contribution is 2.34. The predicted octanol–water partition coefficient (Wildman–Crippen LogP) is 6.92. The van der Waals surface area contributed by atoms with Gasteiger partial charge in [-0.1, -0.05) is 56.5 Å². The number of H-pyrrole nitrogens is 2. The number of hydrogen-bond donors (Lipinski definition) is 2. The molecule has 0 bridgehead atoms. The van der Waals surface area contributed by atoms with Crippen LogP contribution in [0.4, 0.5) is 0 Å². The highest BCUT2D eigenvalue weighted by atomic mass is 14.8. The molecule has 0 aliphatic carbocycles. The number of aromatic amines is 2. The van der Waals surface area contributed by atoms with Crippen LogP contribution in [0.1, 0.15) is 25.6 Å². The van der Waals surface area contributed by atoms with Crippen LogP contribution < -0.4 is 0 Å². The first-order chi connectivity index (χ1) is 11.3. The molecule has 2 aromatic heterocycles. The average molecular weight is 316 g/mol. The molecule has 2 aromatic carbocycles. The zero-order valence-electron chi connectivity index (χ0n) is 13.3. The number of aromatic nitrogens is 2. The van der Waals surface area contributed by atoms with E-state index in [9.17, 15) is 0 Å². The van der Waals surface area contributed by atoms with Crippen molar-refractivity contribution >= 4 is 44.9 Å². The molecule has 0 aliphatic rings. The van der Waals surface area contributed by atoms with Crippen LogP contribution in [0, 0.1) is 0 Å². The molecule has 4 aromatic rings. The van der Waals surface area contributed by atoms with Gasteiger partial charge in [0, 0.05) is 32.9 Å². The molecule has 4 rings (SSSR count). The quantitative estimate of drug-likeness (QED) is 0.376. The summed E-state index contributed by atoms with van der Waals surface area (Å²) in [6, 6.07) is 12.8. The van der Waals surface area contributed by atoms with Crippen molar-refractivity contribution in [1.82, 2.24) is 9.97 Å². The zero-order valence-corrected chi connectivity index (χ0v) is 13.3. The Bertz CT molecular complexity index is 1030. The van der Waals surface area contributed by atoms with Crippen molar-refractivity contribution in [2.24, 2.45) is 0 Å². The van der Waals surface area contributed by atoms with E-state index in [2.05, 4.69) is 78.3 Å². The fraction of sp³-hybridized carbons (Fsp3) is 0.0909. The Labute approximate surface area is 143 Å². The molecular weight excluding hydrogens is 292 g/mol. The van der Waals surface area contributed by atoms with E-state index in [1.54, 1.807) is 0 Å². The second kappa shape index (κ2) is 7.05. The molecule has 0 amide bonds. The molecule has 0 radical (unpaired) electrons. The van der Waals surface area contributed by atoms with Crippen molar-refractivity contribution in [1.29, 1.82) is 0 Å². The van der Waals surface area contributed by atoms with Gasteiger partial charge in [0.15, 0.2) is 0 Å². The maximum absolute atomic E-state index is 3.92. The van der Waals surface area contributed by atoms with Gasteiger partial charge >= 0.3 is 0 Å². The van der Waals surface area contributed by atoms with Crippen LogP contribution in [0.15, 0.2) is 62.2 Å². The molecule has 0 aliphatic heterocycles. The SMILES string of the molecule is C.C=C.C=Cc1[nH]c2c(ccc3c4ccccc4[nH]c32)c1/C=C\C. The van der Waals surface area contributed by atoms with Crippen LogP contribution >= 0.6 is 0 Å². The number of para-hydroxylation sites is 1. The van der Waals surface area contributed by atoms with Gasteiger partial charge in [-0.15, -0.1) is 13.2 Å². The minimum absolute atomic E-state index is 0. The van der Waals surface area contributed by atoms with E-state index in [1.807, 2.05) is 13.0 Å². The van der Waals surface area contributed by atoms with Crippen molar-refractivity contribution in [2.75, 3.05) is 0 Å². The van der Waals surface area contributed by atoms with Gasteiger partial charge in [-0.25, -0.2) is 0 Å². The summed E-state index contributed by atoms with van der Waals surface area (Å²) >= 11 is 0. The van der Waals surface area contributed by atoms with Gasteiger partial charge in [-0.2, -0.15) is 0 Å². The number of hydrogen-bond acceptors (Lipinski definition) is 0. The van der Waals surface area contributed by atoms with Gasteiger partial charge in [0.25, 0.3) is 0 Å². The van der Waals surface area contributed by atoms with Crippen molar-refractivity contribution in [3.8, 4) is 0 Å². The standard InChI is InChI=1S/C19H16N2.C2H4.CH4/c1-3-7-12-14-10-11-15-13-8-5-6-9-17(13)21-19(15)18(14)20-16(12)4-2;1-2;/h3-11,20-21H,2H2,1H3;1-2H2;1H4/b7-3-;;. The molecule has 2 nitrogen and oxygen atoms in total. The lowest BCUT2D eigenvalue weighted by atomic mass is 10.1. The molecule has 0 unspecified atom stereocenters. The molecule has 0 spiro atoms. The maximum atomic E-state index is 3.92. The Balaban J connectivity index is 0.000000670. The molecule has 2 heteroatoms. The molecule has 2 heterocycles. The Hall–Kier alpha value is -3.00. The van der Waals surface area contributed by atoms with Gasteiger partial charge in [0.2, 0.25) is 0 Å². The topological polar surface area (TPSA) is 31.6 Å². The predicted molar refractivity (Wildman–Crippen MR) is 110 cm³/mol. The molecule has 0 saturated carbocycles. The summed E-state index contributed by atoms with van der Waals surface area (Å²) in [4.78, 5) is 7.04. The van der Waals surface area contributed by atoms with Crippen LogP contribution in [0.2, 0.25) is 0 Å². The Morgan fingerprint density at radius 1 is 0.875 bits per heavy atom. The van der Waals surface area contributed by atoms with Gasteiger partial charge in [0.1, 0.15) is 0 Å². The number of benzene rings is 2. The van der Waals surface area contributed by atoms with Crippen LogP contribution in [-0.4, -0.2) is 9.97 Å². The molecular formula is C22H24N2. The van der Waals surface area contributed by atoms with E-state index >= 15 is 0 Å². The lowest BCUT2D eigenvalue weighted by Crippen LogP contribution is -1.73. The molecule has 2 N–H and O–H groups in total. The highest BCUT2D eigenvalue weighted by molar-refractivity contribution is 6.17. The van der Waals surface area contributed by atoms with Crippen LogP contribution in [0.25, 0.3) is 44.9 Å². The normalized spacial score (nSPS) is 10.7. The van der Waals surface area contributed by atoms with E-state index in [0.717, 1.165) is 16.7 Å². The van der Waals surface area contributed by atoms with Crippen molar-refractivity contribution in [2.45, 2.75) is 14.4 Å². The number of rotatable bonds is 2. The monoisotopic (exact) mass is 316 g/mol. The van der Waals surface area contributed by atoms with Gasteiger partial charge < -0.3 is 9.97 Å². The summed E-state index contributed by atoms with van der Waals surface area (Å²) in [5.74, 6) is 0. The van der Waals surface area contributed by atoms with E-state index in [4.69, 9.17) is 0 Å². The lowest BCUT2D eigenvalue weighted by molar-refractivity contribution is 1.42. The van der Waals surface area contributed by atoms with Gasteiger partial charge in [-0.05, 0) is 19.1 Å². The van der Waals surface area contributed by atoms with E-state index in [1.165, 1.54) is 27.2 Å². The van der Waals surface area contributed by atoms with Crippen LogP contribution in [0.3, 0.4) is 0 Å². The van der Waals surface area contributed by atoms with E-state index in [0.29, 0.717) is 0 Å². The Kier molecular flexibility index (Phi) is 5.10. The molecule has 0 fully saturated rings. The molecule has 122 valence electrons. The van der Waals surface area contributed by atoms with Crippen LogP contribution in [-0.2, 0) is 0 Å². The molecule has 24 heavy (non-hydrogen) atoms. The zero-order chi connectivity index (χ0) is 16.4. The van der Waals surface area contributed by atoms with Crippen molar-refractivity contribution in [3.63, 3.8) is 0 Å². The second-order valence-electron chi connectivity index (χ2n) is 5.24. The lowest BCUT2D eigenvalue weighted by Gasteiger charge is -1.95. The van der Waals surface area contributed by atoms with E-state index < -0.39 is 0 Å². The second-order valence-corrected chi connectivity index (χ2v) is 5.24. The first kappa shape index (κ1) is 17.4. The highest BCUT2D eigenvalue weighted by Gasteiger charge is 2.12. The fourth-order valence-corrected chi connectivity index (χ4v) is 3.13. The number of nitrogens with one attached hydrogen (secondary N) is 2. The third-order valence-corrected chi connectivity index (χ3v) is 4.06. The number of fused-ring (bicyclic) bond motifs is 5. The Morgan fingerprint density at radius 2 is 1.54 bits per heavy atom. The maximum Gasteiger partial charge on any atom is 0.0710 e. The first-order valence-electron chi connectivity index (χ1n) is 7.63. The summed E-state index contributed by atoms with van der Waals surface area (Å²) in [5.41, 5.74) is 5.74. The van der Waals surface area contributed by atoms with Crippen molar-refractivity contribution < 1.29 is 0 Å². The van der Waals surface area contributed by atoms with Gasteiger partial charge in [0.05, 0.1) is 11.0 Å². The smallest absolute Gasteiger partial charge is 0.0710 e. The molecule has 0 atom stereocenters. The third kappa shape index (κ3) is 2.46. The third-order valence-electron chi connectivity index (χ3n) is 4.06. The summed E-state index contributed by atoms with van der Waals surface area (Å²) < 4.78 is 0. The minimum atomic E-state index is 0. The molecule has 0 saturated heterocycles.